The first-order chi connectivity index (χ1) is 9.31. The van der Waals surface area contributed by atoms with Crippen LogP contribution < -0.4 is 0 Å². The Morgan fingerprint density at radius 2 is 1.55 bits per heavy atom. The summed E-state index contributed by atoms with van der Waals surface area (Å²) in [6.45, 7) is 0. The largest absolute Gasteiger partial charge is 0.458 e. The van der Waals surface area contributed by atoms with Crippen molar-refractivity contribution in [2.24, 2.45) is 23.7 Å². The molecule has 4 fully saturated rings. The minimum absolute atomic E-state index is 0.358. The first-order valence-corrected chi connectivity index (χ1v) is 7.06. The van der Waals surface area contributed by atoms with Gasteiger partial charge in [-0.2, -0.15) is 13.2 Å². The third-order valence-electron chi connectivity index (χ3n) is 5.04. The van der Waals surface area contributed by atoms with Gasteiger partial charge in [-0.1, -0.05) is 0 Å². The average Bonchev–Trinajstić information content (AvgIpc) is 2.24. The minimum atomic E-state index is -4.86. The van der Waals surface area contributed by atoms with Crippen LogP contribution in [0.4, 0.5) is 13.2 Å². The van der Waals surface area contributed by atoms with Gasteiger partial charge in [-0.25, -0.2) is 0 Å². The summed E-state index contributed by atoms with van der Waals surface area (Å²) in [5.74, 6) is -2.66. The van der Waals surface area contributed by atoms with E-state index in [-0.39, 0.29) is 6.29 Å². The van der Waals surface area contributed by atoms with Crippen LogP contribution in [0.3, 0.4) is 0 Å². The molecule has 0 saturated heterocycles. The summed E-state index contributed by atoms with van der Waals surface area (Å²) in [7, 11) is 0. The van der Waals surface area contributed by atoms with E-state index in [4.69, 9.17) is 4.74 Å². The van der Waals surface area contributed by atoms with Gasteiger partial charge in [0, 0.05) is 0 Å². The number of carbonyl (C=O) groups excluding carboxylic acids is 2. The zero-order chi connectivity index (χ0) is 14.5. The lowest BCUT2D eigenvalue weighted by atomic mass is 9.54. The Balaban J connectivity index is 1.74. The van der Waals surface area contributed by atoms with Crippen LogP contribution in [-0.4, -0.2) is 24.0 Å². The smallest absolute Gasteiger partial charge is 0.408 e. The topological polar surface area (TPSA) is 43.4 Å². The number of esters is 1. The molecule has 4 aliphatic carbocycles. The maximum atomic E-state index is 12.6. The van der Waals surface area contributed by atoms with Crippen LogP contribution in [0.1, 0.15) is 38.5 Å². The van der Waals surface area contributed by atoms with E-state index < -0.39 is 23.7 Å². The van der Waals surface area contributed by atoms with Crippen molar-refractivity contribution >= 4 is 12.3 Å². The van der Waals surface area contributed by atoms with E-state index in [1.54, 1.807) is 0 Å². The van der Waals surface area contributed by atoms with Crippen molar-refractivity contribution in [3.8, 4) is 0 Å². The maximum absolute atomic E-state index is 12.6. The van der Waals surface area contributed by atoms with Gasteiger partial charge in [0.25, 0.3) is 0 Å². The highest BCUT2D eigenvalue weighted by molar-refractivity contribution is 5.89. The van der Waals surface area contributed by atoms with Crippen LogP contribution in [0.25, 0.3) is 0 Å². The van der Waals surface area contributed by atoms with Gasteiger partial charge in [0.05, 0.1) is 0 Å². The van der Waals surface area contributed by atoms with Crippen molar-refractivity contribution in [3.63, 3.8) is 0 Å². The second-order valence-corrected chi connectivity index (χ2v) is 6.68. The Morgan fingerprint density at radius 1 is 1.10 bits per heavy atom. The molecule has 4 bridgehead atoms. The molecular weight excluding hydrogens is 273 g/mol. The van der Waals surface area contributed by atoms with Gasteiger partial charge in [0.2, 0.25) is 5.92 Å². The average molecular weight is 290 g/mol. The molecule has 112 valence electrons. The van der Waals surface area contributed by atoms with Crippen molar-refractivity contribution in [1.29, 1.82) is 0 Å². The SMILES string of the molecule is O=CC(C(=O)OC12CC3CC(CC(C3)C1)C2)C(F)(F)F. The summed E-state index contributed by atoms with van der Waals surface area (Å²) >= 11 is 0. The number of hydrogen-bond acceptors (Lipinski definition) is 3. The zero-order valence-corrected chi connectivity index (χ0v) is 11.0. The number of aldehydes is 1. The number of alkyl halides is 3. The molecule has 1 atom stereocenters. The number of hydrogen-bond donors (Lipinski definition) is 0. The van der Waals surface area contributed by atoms with Gasteiger partial charge in [-0.05, 0) is 56.3 Å². The first-order valence-electron chi connectivity index (χ1n) is 7.06. The van der Waals surface area contributed by atoms with Gasteiger partial charge in [0.1, 0.15) is 11.9 Å². The van der Waals surface area contributed by atoms with Crippen LogP contribution in [-0.2, 0) is 14.3 Å². The van der Waals surface area contributed by atoms with E-state index in [2.05, 4.69) is 0 Å². The molecule has 0 N–H and O–H groups in total. The molecule has 0 amide bonds. The van der Waals surface area contributed by atoms with Crippen LogP contribution in [0.5, 0.6) is 0 Å². The Labute approximate surface area is 114 Å². The summed E-state index contributed by atoms with van der Waals surface area (Å²) in [6, 6.07) is 0. The summed E-state index contributed by atoms with van der Waals surface area (Å²) in [5, 5.41) is 0. The lowest BCUT2D eigenvalue weighted by Crippen LogP contribution is -2.54. The molecular formula is C14H17F3O3. The van der Waals surface area contributed by atoms with Crippen LogP contribution in [0.2, 0.25) is 0 Å². The minimum Gasteiger partial charge on any atom is -0.458 e. The maximum Gasteiger partial charge on any atom is 0.408 e. The predicted molar refractivity (Wildman–Crippen MR) is 62.6 cm³/mol. The third-order valence-corrected chi connectivity index (χ3v) is 5.04. The molecule has 0 aromatic rings. The van der Waals surface area contributed by atoms with Crippen molar-refractivity contribution in [2.75, 3.05) is 0 Å². The molecule has 0 heterocycles. The van der Waals surface area contributed by atoms with Gasteiger partial charge in [-0.15, -0.1) is 0 Å². The third kappa shape index (κ3) is 2.33. The molecule has 20 heavy (non-hydrogen) atoms. The van der Waals surface area contributed by atoms with E-state index in [1.165, 1.54) is 0 Å². The fourth-order valence-corrected chi connectivity index (χ4v) is 4.70. The van der Waals surface area contributed by atoms with Gasteiger partial charge >= 0.3 is 12.1 Å². The second-order valence-electron chi connectivity index (χ2n) is 6.68. The summed E-state index contributed by atoms with van der Waals surface area (Å²) in [5.41, 5.74) is -0.738. The predicted octanol–water partition coefficient (Wildman–Crippen LogP) is 2.88. The van der Waals surface area contributed by atoms with Gasteiger partial charge in [0.15, 0.2) is 0 Å². The summed E-state index contributed by atoms with van der Waals surface area (Å²) < 4.78 is 43.0. The molecule has 4 aliphatic rings. The molecule has 4 saturated carbocycles. The molecule has 4 rings (SSSR count). The monoisotopic (exact) mass is 290 g/mol. The number of ether oxygens (including phenoxy) is 1. The molecule has 3 nitrogen and oxygen atoms in total. The van der Waals surface area contributed by atoms with Crippen LogP contribution in [0, 0.1) is 23.7 Å². The molecule has 0 aliphatic heterocycles. The fourth-order valence-electron chi connectivity index (χ4n) is 4.70. The number of rotatable bonds is 3. The van der Waals surface area contributed by atoms with Crippen molar-refractivity contribution < 1.29 is 27.5 Å². The van der Waals surface area contributed by atoms with E-state index in [1.807, 2.05) is 0 Å². The number of halogens is 3. The molecule has 0 aromatic heterocycles. The van der Waals surface area contributed by atoms with E-state index in [0.29, 0.717) is 37.0 Å². The van der Waals surface area contributed by atoms with E-state index >= 15 is 0 Å². The first kappa shape index (κ1) is 13.9. The molecule has 6 heteroatoms. The molecule has 1 unspecified atom stereocenters. The Bertz CT molecular complexity index is 395. The highest BCUT2D eigenvalue weighted by atomic mass is 19.4. The van der Waals surface area contributed by atoms with Crippen molar-refractivity contribution in [2.45, 2.75) is 50.3 Å². The van der Waals surface area contributed by atoms with Crippen molar-refractivity contribution in [1.82, 2.24) is 0 Å². The van der Waals surface area contributed by atoms with Crippen molar-refractivity contribution in [3.05, 3.63) is 0 Å². The standard InChI is InChI=1S/C14H17F3O3/c15-14(16,17)11(7-18)12(19)20-13-4-8-1-9(5-13)3-10(2-8)6-13/h7-11H,1-6H2. The summed E-state index contributed by atoms with van der Waals surface area (Å²) in [6.07, 6.45) is 0.0774. The van der Waals surface area contributed by atoms with Gasteiger partial charge in [-0.3, -0.25) is 4.79 Å². The Morgan fingerprint density at radius 3 is 1.90 bits per heavy atom. The second kappa shape index (κ2) is 4.46. The van der Waals surface area contributed by atoms with E-state index in [9.17, 15) is 22.8 Å². The van der Waals surface area contributed by atoms with Gasteiger partial charge < -0.3 is 9.53 Å². The number of carbonyl (C=O) groups is 2. The fraction of sp³-hybridized carbons (Fsp3) is 0.857. The molecule has 0 aromatic carbocycles. The quantitative estimate of drug-likeness (QED) is 0.456. The van der Waals surface area contributed by atoms with Crippen LogP contribution in [0.15, 0.2) is 0 Å². The Kier molecular flexibility index (Phi) is 3.10. The lowest BCUT2D eigenvalue weighted by Gasteiger charge is -2.55. The summed E-state index contributed by atoms with van der Waals surface area (Å²) in [4.78, 5) is 22.3. The lowest BCUT2D eigenvalue weighted by molar-refractivity contribution is -0.216. The highest BCUT2D eigenvalue weighted by Crippen LogP contribution is 2.57. The van der Waals surface area contributed by atoms with Crippen LogP contribution >= 0.6 is 0 Å². The normalized spacial score (nSPS) is 40.5. The Hall–Kier alpha value is -1.07. The van der Waals surface area contributed by atoms with E-state index in [0.717, 1.165) is 19.3 Å². The highest BCUT2D eigenvalue weighted by Gasteiger charge is 2.55. The molecule has 0 spiro atoms. The molecule has 0 radical (unpaired) electrons. The zero-order valence-electron chi connectivity index (χ0n) is 11.0.